The minimum absolute atomic E-state index is 0.137. The molecule has 4 rings (SSSR count). The van der Waals surface area contributed by atoms with Crippen molar-refractivity contribution < 1.29 is 27.8 Å². The van der Waals surface area contributed by atoms with Crippen LogP contribution in [-0.2, 0) is 16.1 Å². The lowest BCUT2D eigenvalue weighted by Crippen LogP contribution is -2.27. The number of esters is 1. The number of hydrogen-bond donors (Lipinski definition) is 0. The van der Waals surface area contributed by atoms with Crippen LogP contribution in [0.25, 0.3) is 0 Å². The number of carbonyl (C=O) groups is 2. The highest BCUT2D eigenvalue weighted by Crippen LogP contribution is 2.31. The average Bonchev–Trinajstić information content (AvgIpc) is 2.95. The van der Waals surface area contributed by atoms with Crippen LogP contribution in [0.2, 0.25) is 0 Å². The Hall–Kier alpha value is -3.81. The highest BCUT2D eigenvalue weighted by molar-refractivity contribution is 6.06. The molecule has 170 valence electrons. The van der Waals surface area contributed by atoms with Gasteiger partial charge in [-0.3, -0.25) is 4.79 Å². The van der Waals surface area contributed by atoms with E-state index in [0.717, 1.165) is 5.56 Å². The number of halogens is 2. The molecule has 2 heterocycles. The first-order chi connectivity index (χ1) is 15.9. The molecule has 0 N–H and O–H groups in total. The van der Waals surface area contributed by atoms with Crippen molar-refractivity contribution in [3.63, 3.8) is 0 Å². The van der Waals surface area contributed by atoms with Crippen LogP contribution in [-0.4, -0.2) is 41.3 Å². The zero-order valence-corrected chi connectivity index (χ0v) is 18.0. The number of nitrogens with zero attached hydrogens (tertiary/aromatic N) is 2. The van der Waals surface area contributed by atoms with Gasteiger partial charge in [0.1, 0.15) is 5.75 Å². The minimum Gasteiger partial charge on any atom is -0.471 e. The Kier molecular flexibility index (Phi) is 6.63. The first kappa shape index (κ1) is 22.4. The summed E-state index contributed by atoms with van der Waals surface area (Å²) in [7, 11) is 0. The quantitative estimate of drug-likeness (QED) is 0.466. The fourth-order valence-corrected chi connectivity index (χ4v) is 3.75. The molecule has 0 radical (unpaired) electrons. The van der Waals surface area contributed by atoms with Crippen LogP contribution in [0.4, 0.5) is 8.78 Å². The van der Waals surface area contributed by atoms with E-state index in [-0.39, 0.29) is 24.9 Å². The molecular weight excluding hydrogens is 430 g/mol. The van der Waals surface area contributed by atoms with Gasteiger partial charge >= 0.3 is 5.97 Å². The predicted octanol–water partition coefficient (Wildman–Crippen LogP) is 4.16. The predicted molar refractivity (Wildman–Crippen MR) is 117 cm³/mol. The largest absolute Gasteiger partial charge is 0.471 e. The van der Waals surface area contributed by atoms with Gasteiger partial charge in [-0.25, -0.2) is 18.6 Å². The van der Waals surface area contributed by atoms with Gasteiger partial charge in [0.15, 0.2) is 6.61 Å². The van der Waals surface area contributed by atoms with E-state index in [1.165, 1.54) is 6.20 Å². The number of benzene rings is 1. The molecule has 6 nitrogen and oxygen atoms in total. The molecule has 1 amide bonds. The van der Waals surface area contributed by atoms with Crippen molar-refractivity contribution in [2.45, 2.75) is 26.3 Å². The summed E-state index contributed by atoms with van der Waals surface area (Å²) >= 11 is 0. The van der Waals surface area contributed by atoms with Crippen LogP contribution in [0, 0.1) is 6.92 Å². The van der Waals surface area contributed by atoms with Gasteiger partial charge in [-0.15, -0.1) is 0 Å². The van der Waals surface area contributed by atoms with Gasteiger partial charge in [0.25, 0.3) is 12.3 Å². The van der Waals surface area contributed by atoms with Crippen molar-refractivity contribution in [3.05, 3.63) is 88.7 Å². The van der Waals surface area contributed by atoms with Crippen molar-refractivity contribution in [3.8, 4) is 11.6 Å². The first-order valence-corrected chi connectivity index (χ1v) is 10.5. The molecule has 0 atom stereocenters. The minimum atomic E-state index is -2.58. The molecule has 2 aliphatic rings. The van der Waals surface area contributed by atoms with Crippen LogP contribution in [0.3, 0.4) is 0 Å². The number of hydrogen-bond acceptors (Lipinski definition) is 5. The molecule has 8 heteroatoms. The van der Waals surface area contributed by atoms with Gasteiger partial charge in [0.05, 0.1) is 5.57 Å². The number of alkyl halides is 2. The Labute approximate surface area is 189 Å². The maximum absolute atomic E-state index is 13.1. The molecule has 0 saturated heterocycles. The van der Waals surface area contributed by atoms with Crippen molar-refractivity contribution in [1.29, 1.82) is 0 Å². The molecular formula is C25H22F2N2O4. The summed E-state index contributed by atoms with van der Waals surface area (Å²) in [5.74, 6) is -0.139. The van der Waals surface area contributed by atoms with E-state index < -0.39 is 19.0 Å². The molecule has 0 spiro atoms. The molecule has 1 aromatic heterocycles. The van der Waals surface area contributed by atoms with Crippen LogP contribution in [0.5, 0.6) is 11.6 Å². The number of ether oxygens (including phenoxy) is 2. The zero-order chi connectivity index (χ0) is 23.4. The molecule has 2 aromatic rings. The van der Waals surface area contributed by atoms with Gasteiger partial charge < -0.3 is 14.4 Å². The summed E-state index contributed by atoms with van der Waals surface area (Å²) in [4.78, 5) is 31.6. The fraction of sp³-hybridized carbons (Fsp3) is 0.240. The molecule has 33 heavy (non-hydrogen) atoms. The average molecular weight is 452 g/mol. The van der Waals surface area contributed by atoms with Crippen molar-refractivity contribution in [1.82, 2.24) is 9.88 Å². The Morgan fingerprint density at radius 2 is 2.03 bits per heavy atom. The van der Waals surface area contributed by atoms with Gasteiger partial charge in [-0.2, -0.15) is 0 Å². The van der Waals surface area contributed by atoms with E-state index >= 15 is 0 Å². The second kappa shape index (κ2) is 9.77. The fourth-order valence-electron chi connectivity index (χ4n) is 3.75. The molecule has 1 aliphatic heterocycles. The highest BCUT2D eigenvalue weighted by atomic mass is 19.3. The third kappa shape index (κ3) is 5.16. The highest BCUT2D eigenvalue weighted by Gasteiger charge is 2.34. The van der Waals surface area contributed by atoms with Crippen molar-refractivity contribution in [2.24, 2.45) is 0 Å². The number of carbonyl (C=O) groups excluding carboxylic acids is 2. The molecule has 0 unspecified atom stereocenters. The lowest BCUT2D eigenvalue weighted by atomic mass is 10.0. The van der Waals surface area contributed by atoms with E-state index in [0.29, 0.717) is 34.5 Å². The Morgan fingerprint density at radius 3 is 2.76 bits per heavy atom. The van der Waals surface area contributed by atoms with E-state index in [1.54, 1.807) is 54.3 Å². The Balaban J connectivity index is 1.48. The van der Waals surface area contributed by atoms with Gasteiger partial charge in [0, 0.05) is 30.4 Å². The van der Waals surface area contributed by atoms with Crippen molar-refractivity contribution in [2.75, 3.05) is 13.2 Å². The normalized spacial score (nSPS) is 15.5. The van der Waals surface area contributed by atoms with Crippen LogP contribution >= 0.6 is 0 Å². The van der Waals surface area contributed by atoms with Gasteiger partial charge in [-0.05, 0) is 42.7 Å². The smallest absolute Gasteiger partial charge is 0.343 e. The first-order valence-electron chi connectivity index (χ1n) is 10.5. The number of para-hydroxylation sites is 1. The summed E-state index contributed by atoms with van der Waals surface area (Å²) in [6, 6.07) is 10.5. The SMILES string of the molecule is Cc1cc(CN2CC3=C(C=CCC=C3C(=O)Oc3ccccc3)C2=O)cnc1OCC(F)F. The number of aryl methyl sites for hydroxylation is 1. The molecule has 0 saturated carbocycles. The lowest BCUT2D eigenvalue weighted by molar-refractivity contribution is -0.130. The van der Waals surface area contributed by atoms with Crippen LogP contribution in [0.15, 0.2) is 77.5 Å². The topological polar surface area (TPSA) is 68.7 Å². The zero-order valence-electron chi connectivity index (χ0n) is 18.0. The number of allylic oxidation sites excluding steroid dienone is 2. The standard InChI is InChI=1S/C25H22F2N2O4/c1-16-11-17(12-28-23(16)32-15-22(26)27)13-29-14-21-19(24(29)30)9-5-6-10-20(21)25(31)33-18-7-3-2-4-8-18/h2-5,7-12,22H,6,13-15H2,1H3. The summed E-state index contributed by atoms with van der Waals surface area (Å²) in [5.41, 5.74) is 2.78. The summed E-state index contributed by atoms with van der Waals surface area (Å²) in [6.07, 6.45) is 4.77. The maximum atomic E-state index is 13.1. The lowest BCUT2D eigenvalue weighted by Gasteiger charge is -2.18. The Bertz CT molecular complexity index is 1160. The number of pyridine rings is 1. The van der Waals surface area contributed by atoms with Crippen LogP contribution in [0.1, 0.15) is 17.5 Å². The molecule has 1 aromatic carbocycles. The van der Waals surface area contributed by atoms with E-state index in [1.807, 2.05) is 12.1 Å². The maximum Gasteiger partial charge on any atom is 0.343 e. The van der Waals surface area contributed by atoms with Crippen molar-refractivity contribution >= 4 is 11.9 Å². The molecule has 1 aliphatic carbocycles. The number of aromatic nitrogens is 1. The molecule has 0 fully saturated rings. The monoisotopic (exact) mass is 452 g/mol. The van der Waals surface area contributed by atoms with Crippen LogP contribution < -0.4 is 9.47 Å². The second-order valence-corrected chi connectivity index (χ2v) is 7.68. The summed E-state index contributed by atoms with van der Waals surface area (Å²) in [5, 5.41) is 0. The third-order valence-electron chi connectivity index (χ3n) is 5.24. The van der Waals surface area contributed by atoms with E-state index in [9.17, 15) is 18.4 Å². The second-order valence-electron chi connectivity index (χ2n) is 7.68. The van der Waals surface area contributed by atoms with Gasteiger partial charge in [-0.1, -0.05) is 36.4 Å². The third-order valence-corrected chi connectivity index (χ3v) is 5.24. The van der Waals surface area contributed by atoms with Gasteiger partial charge in [0.2, 0.25) is 5.88 Å². The number of amides is 1. The number of rotatable bonds is 7. The Morgan fingerprint density at radius 1 is 1.24 bits per heavy atom. The summed E-state index contributed by atoms with van der Waals surface area (Å²) in [6.45, 7) is 1.48. The van der Waals surface area contributed by atoms with E-state index in [4.69, 9.17) is 9.47 Å². The summed E-state index contributed by atoms with van der Waals surface area (Å²) < 4.78 is 35.3. The molecule has 0 bridgehead atoms. The van der Waals surface area contributed by atoms with E-state index in [2.05, 4.69) is 4.98 Å².